The standard InChI is InChI=1S/C22H27N3O3/c1-18(16-19-8-4-2-5-9-19)23-22(27)28-17-24-14-10-20(11-15-24)21(26)25-12-6-3-7-13-25/h2,4-5,8-11,14-15,18H,3,6-7,12-13,16-17H2,1H3/p+1/t18-/m0/s1. The van der Waals surface area contributed by atoms with Crippen LogP contribution < -0.4 is 9.88 Å². The third kappa shape index (κ3) is 5.81. The Bertz CT molecular complexity index is 771. The highest BCUT2D eigenvalue weighted by atomic mass is 16.6. The molecular formula is C22H28N3O3+. The van der Waals surface area contributed by atoms with Gasteiger partial charge in [0.2, 0.25) is 0 Å². The van der Waals surface area contributed by atoms with Gasteiger partial charge < -0.3 is 15.0 Å². The first kappa shape index (κ1) is 19.9. The van der Waals surface area contributed by atoms with Crippen molar-refractivity contribution in [2.24, 2.45) is 0 Å². The van der Waals surface area contributed by atoms with Crippen LogP contribution in [0.2, 0.25) is 0 Å². The Hall–Kier alpha value is -2.89. The molecule has 0 spiro atoms. The van der Waals surface area contributed by atoms with E-state index in [2.05, 4.69) is 5.32 Å². The molecule has 1 aromatic carbocycles. The third-order valence-electron chi connectivity index (χ3n) is 4.88. The first-order chi connectivity index (χ1) is 13.6. The van der Waals surface area contributed by atoms with Crippen molar-refractivity contribution in [1.29, 1.82) is 0 Å². The van der Waals surface area contributed by atoms with Crippen molar-refractivity contribution in [3.05, 3.63) is 66.0 Å². The molecular weight excluding hydrogens is 354 g/mol. The second kappa shape index (κ2) is 9.88. The highest BCUT2D eigenvalue weighted by Gasteiger charge is 2.19. The van der Waals surface area contributed by atoms with Crippen molar-refractivity contribution >= 4 is 12.0 Å². The van der Waals surface area contributed by atoms with Gasteiger partial charge in [-0.25, -0.2) is 4.79 Å². The number of amides is 2. The van der Waals surface area contributed by atoms with Crippen LogP contribution in [0.15, 0.2) is 54.9 Å². The van der Waals surface area contributed by atoms with Gasteiger partial charge in [-0.05, 0) is 38.2 Å². The summed E-state index contributed by atoms with van der Waals surface area (Å²) in [5.41, 5.74) is 1.83. The fraction of sp³-hybridized carbons (Fsp3) is 0.409. The van der Waals surface area contributed by atoms with Gasteiger partial charge in [-0.3, -0.25) is 4.79 Å². The molecule has 6 heteroatoms. The molecule has 28 heavy (non-hydrogen) atoms. The largest absolute Gasteiger partial charge is 0.412 e. The Kier molecular flexibility index (Phi) is 7.00. The molecule has 1 aliphatic heterocycles. The summed E-state index contributed by atoms with van der Waals surface area (Å²) in [6.07, 6.45) is 7.16. The number of likely N-dealkylation sites (tertiary alicyclic amines) is 1. The average molecular weight is 382 g/mol. The fourth-order valence-electron chi connectivity index (χ4n) is 3.36. The molecule has 3 rings (SSSR count). The summed E-state index contributed by atoms with van der Waals surface area (Å²) in [5.74, 6) is 0.0697. The van der Waals surface area contributed by atoms with E-state index < -0.39 is 6.09 Å². The van der Waals surface area contributed by atoms with E-state index in [1.54, 1.807) is 29.1 Å². The molecule has 1 saturated heterocycles. The number of hydrogen-bond acceptors (Lipinski definition) is 3. The van der Waals surface area contributed by atoms with Crippen LogP contribution in [0.1, 0.15) is 42.1 Å². The van der Waals surface area contributed by atoms with Crippen LogP contribution in [0.4, 0.5) is 4.79 Å². The van der Waals surface area contributed by atoms with Gasteiger partial charge in [0.25, 0.3) is 12.6 Å². The molecule has 1 aromatic heterocycles. The molecule has 0 radical (unpaired) electrons. The number of nitrogens with one attached hydrogen (secondary N) is 1. The number of aromatic nitrogens is 1. The molecule has 1 aliphatic rings. The summed E-state index contributed by atoms with van der Waals surface area (Å²) in [4.78, 5) is 26.4. The van der Waals surface area contributed by atoms with Crippen molar-refractivity contribution < 1.29 is 18.9 Å². The SMILES string of the molecule is C[C@@H](Cc1ccccc1)NC(=O)OC[n+]1ccc(C(=O)N2CCCCC2)cc1. The molecule has 1 N–H and O–H groups in total. The summed E-state index contributed by atoms with van der Waals surface area (Å²) in [5, 5.41) is 2.84. The Balaban J connectivity index is 1.43. The van der Waals surface area contributed by atoms with Crippen LogP contribution in [0.3, 0.4) is 0 Å². The van der Waals surface area contributed by atoms with Gasteiger partial charge in [-0.2, -0.15) is 4.57 Å². The number of rotatable bonds is 6. The van der Waals surface area contributed by atoms with Crippen LogP contribution in [0.25, 0.3) is 0 Å². The Morgan fingerprint density at radius 3 is 2.43 bits per heavy atom. The molecule has 0 aliphatic carbocycles. The Morgan fingerprint density at radius 1 is 1.07 bits per heavy atom. The number of hydrogen-bond donors (Lipinski definition) is 1. The summed E-state index contributed by atoms with van der Waals surface area (Å²) < 4.78 is 7.00. The van der Waals surface area contributed by atoms with E-state index in [0.29, 0.717) is 5.56 Å². The predicted octanol–water partition coefficient (Wildman–Crippen LogP) is 2.92. The number of benzene rings is 1. The van der Waals surface area contributed by atoms with Gasteiger partial charge in [0, 0.05) is 31.3 Å². The second-order valence-corrected chi connectivity index (χ2v) is 7.25. The monoisotopic (exact) mass is 382 g/mol. The van der Waals surface area contributed by atoms with Gasteiger partial charge in [-0.1, -0.05) is 30.3 Å². The lowest BCUT2D eigenvalue weighted by Gasteiger charge is -2.26. The summed E-state index contributed by atoms with van der Waals surface area (Å²) in [6, 6.07) is 13.5. The Labute approximate surface area is 166 Å². The maximum Gasteiger partial charge on any atom is 0.412 e. The van der Waals surface area contributed by atoms with Gasteiger partial charge in [0.1, 0.15) is 0 Å². The zero-order chi connectivity index (χ0) is 19.8. The lowest BCUT2D eigenvalue weighted by atomic mass is 10.1. The van der Waals surface area contributed by atoms with E-state index in [1.165, 1.54) is 12.0 Å². The number of ether oxygens (including phenoxy) is 1. The molecule has 148 valence electrons. The van der Waals surface area contributed by atoms with Gasteiger partial charge in [-0.15, -0.1) is 0 Å². The van der Waals surface area contributed by atoms with Crippen LogP contribution in [-0.4, -0.2) is 36.0 Å². The summed E-state index contributed by atoms with van der Waals surface area (Å²) in [7, 11) is 0. The first-order valence-electron chi connectivity index (χ1n) is 9.87. The number of alkyl carbamates (subject to hydrolysis) is 1. The highest BCUT2D eigenvalue weighted by Crippen LogP contribution is 2.12. The molecule has 0 saturated carbocycles. The van der Waals surface area contributed by atoms with Gasteiger partial charge >= 0.3 is 6.09 Å². The number of carbonyl (C=O) groups is 2. The number of nitrogens with zero attached hydrogens (tertiary/aromatic N) is 2. The predicted molar refractivity (Wildman–Crippen MR) is 106 cm³/mol. The molecule has 2 amide bonds. The first-order valence-corrected chi connectivity index (χ1v) is 9.87. The highest BCUT2D eigenvalue weighted by molar-refractivity contribution is 5.94. The molecule has 0 bridgehead atoms. The van der Waals surface area contributed by atoms with Gasteiger partial charge in [0.15, 0.2) is 12.4 Å². The molecule has 2 heterocycles. The van der Waals surface area contributed by atoms with E-state index in [4.69, 9.17) is 4.74 Å². The second-order valence-electron chi connectivity index (χ2n) is 7.25. The number of carbonyl (C=O) groups excluding carboxylic acids is 2. The van der Waals surface area contributed by atoms with E-state index in [-0.39, 0.29) is 18.7 Å². The van der Waals surface area contributed by atoms with Crippen LogP contribution in [-0.2, 0) is 17.9 Å². The minimum absolute atomic E-state index is 0.0237. The summed E-state index contributed by atoms with van der Waals surface area (Å²) >= 11 is 0. The van der Waals surface area contributed by atoms with Crippen LogP contribution in [0.5, 0.6) is 0 Å². The molecule has 1 atom stereocenters. The zero-order valence-electron chi connectivity index (χ0n) is 16.3. The van der Waals surface area contributed by atoms with Crippen molar-refractivity contribution in [1.82, 2.24) is 10.2 Å². The van der Waals surface area contributed by atoms with E-state index in [9.17, 15) is 9.59 Å². The third-order valence-corrected chi connectivity index (χ3v) is 4.88. The number of pyridine rings is 1. The topological polar surface area (TPSA) is 62.5 Å². The number of piperidine rings is 1. The molecule has 1 fully saturated rings. The van der Waals surface area contributed by atoms with Crippen LogP contribution >= 0.6 is 0 Å². The van der Waals surface area contributed by atoms with E-state index >= 15 is 0 Å². The van der Waals surface area contributed by atoms with Crippen molar-refractivity contribution in [2.45, 2.75) is 45.4 Å². The maximum atomic E-state index is 12.5. The maximum absolute atomic E-state index is 12.5. The van der Waals surface area contributed by atoms with Crippen LogP contribution in [0, 0.1) is 0 Å². The van der Waals surface area contributed by atoms with E-state index in [1.807, 2.05) is 42.2 Å². The van der Waals surface area contributed by atoms with E-state index in [0.717, 1.165) is 32.4 Å². The summed E-state index contributed by atoms with van der Waals surface area (Å²) in [6.45, 7) is 3.71. The van der Waals surface area contributed by atoms with Crippen molar-refractivity contribution in [3.8, 4) is 0 Å². The lowest BCUT2D eigenvalue weighted by molar-refractivity contribution is -0.727. The molecule has 0 unspecified atom stereocenters. The Morgan fingerprint density at radius 2 is 1.75 bits per heavy atom. The van der Waals surface area contributed by atoms with Crippen molar-refractivity contribution in [3.63, 3.8) is 0 Å². The minimum atomic E-state index is -0.454. The zero-order valence-corrected chi connectivity index (χ0v) is 16.3. The van der Waals surface area contributed by atoms with Gasteiger partial charge in [0.05, 0.1) is 5.56 Å². The minimum Gasteiger partial charge on any atom is -0.388 e. The molecule has 2 aromatic rings. The quantitative estimate of drug-likeness (QED) is 0.782. The molecule has 6 nitrogen and oxygen atoms in total. The van der Waals surface area contributed by atoms with Crippen molar-refractivity contribution in [2.75, 3.05) is 13.1 Å². The average Bonchev–Trinajstić information content (AvgIpc) is 2.73. The normalized spacial score (nSPS) is 15.0. The smallest absolute Gasteiger partial charge is 0.388 e. The fourth-order valence-corrected chi connectivity index (χ4v) is 3.36. The lowest BCUT2D eigenvalue weighted by Crippen LogP contribution is -2.41.